The Balaban J connectivity index is 2.01. The molecule has 0 radical (unpaired) electrons. The molecule has 1 aliphatic heterocycles. The average Bonchev–Trinajstić information content (AvgIpc) is 2.65. The van der Waals surface area contributed by atoms with Gasteiger partial charge in [0.1, 0.15) is 0 Å². The molecule has 1 heterocycles. The summed E-state index contributed by atoms with van der Waals surface area (Å²) in [6, 6.07) is 10.4. The lowest BCUT2D eigenvalue weighted by Crippen LogP contribution is -2.49. The fraction of sp³-hybridized carbons (Fsp3) is 0.619. The monoisotopic (exact) mass is 359 g/mol. The molecule has 2 amide bonds. The quantitative estimate of drug-likeness (QED) is 0.749. The number of likely N-dealkylation sites (tertiary alicyclic amines) is 1. The van der Waals surface area contributed by atoms with Gasteiger partial charge in [0, 0.05) is 38.5 Å². The van der Waals surface area contributed by atoms with Crippen molar-refractivity contribution < 1.29 is 9.59 Å². The van der Waals surface area contributed by atoms with Crippen molar-refractivity contribution in [3.05, 3.63) is 35.9 Å². The van der Waals surface area contributed by atoms with E-state index in [1.165, 1.54) is 5.56 Å². The van der Waals surface area contributed by atoms with Crippen LogP contribution in [0.2, 0.25) is 0 Å². The average molecular weight is 360 g/mol. The zero-order chi connectivity index (χ0) is 18.9. The highest BCUT2D eigenvalue weighted by Crippen LogP contribution is 2.29. The molecule has 1 aromatic carbocycles. The molecule has 0 saturated carbocycles. The van der Waals surface area contributed by atoms with E-state index in [0.29, 0.717) is 31.8 Å². The van der Waals surface area contributed by atoms with Crippen molar-refractivity contribution >= 4 is 11.8 Å². The molecule has 0 aliphatic carbocycles. The summed E-state index contributed by atoms with van der Waals surface area (Å²) in [5.41, 5.74) is 6.65. The van der Waals surface area contributed by atoms with Gasteiger partial charge in [-0.1, -0.05) is 44.2 Å². The van der Waals surface area contributed by atoms with Gasteiger partial charge in [-0.3, -0.25) is 9.59 Å². The van der Waals surface area contributed by atoms with E-state index in [1.54, 1.807) is 0 Å². The van der Waals surface area contributed by atoms with Crippen molar-refractivity contribution in [3.63, 3.8) is 0 Å². The van der Waals surface area contributed by atoms with Gasteiger partial charge in [0.2, 0.25) is 11.8 Å². The van der Waals surface area contributed by atoms with Crippen LogP contribution in [0, 0.1) is 5.92 Å². The molecular weight excluding hydrogens is 326 g/mol. The summed E-state index contributed by atoms with van der Waals surface area (Å²) in [4.78, 5) is 26.8. The minimum absolute atomic E-state index is 0.0326. The first-order valence-corrected chi connectivity index (χ1v) is 9.84. The van der Waals surface area contributed by atoms with Crippen LogP contribution in [-0.4, -0.2) is 42.4 Å². The van der Waals surface area contributed by atoms with Crippen molar-refractivity contribution in [2.24, 2.45) is 11.7 Å². The zero-order valence-electron chi connectivity index (χ0n) is 16.1. The molecule has 5 nitrogen and oxygen atoms in total. The van der Waals surface area contributed by atoms with E-state index in [2.05, 4.69) is 31.3 Å². The van der Waals surface area contributed by atoms with E-state index in [1.807, 2.05) is 23.1 Å². The van der Waals surface area contributed by atoms with E-state index in [4.69, 9.17) is 5.73 Å². The number of rotatable bonds is 8. The van der Waals surface area contributed by atoms with Crippen LogP contribution in [0.5, 0.6) is 0 Å². The second kappa shape index (κ2) is 10.3. The minimum Gasteiger partial charge on any atom is -0.354 e. The van der Waals surface area contributed by atoms with Crippen LogP contribution in [0.3, 0.4) is 0 Å². The topological polar surface area (TPSA) is 75.4 Å². The number of carbonyl (C=O) groups is 2. The van der Waals surface area contributed by atoms with Crippen molar-refractivity contribution in [1.82, 2.24) is 10.2 Å². The SMILES string of the molecule is CC(C)C(CC(=O)N1CCCCC1CNC(=O)CCN)c1ccccc1. The standard InChI is InChI=1S/C21H33N3O2/c1-16(2)19(17-8-4-3-5-9-17)14-21(26)24-13-7-6-10-18(24)15-23-20(25)11-12-22/h3-5,8-9,16,18-19H,6-7,10-15,22H2,1-2H3,(H,23,25). The number of hydrogen-bond donors (Lipinski definition) is 2. The third-order valence-electron chi connectivity index (χ3n) is 5.28. The molecule has 3 N–H and O–H groups in total. The lowest BCUT2D eigenvalue weighted by molar-refractivity contribution is -0.136. The second-order valence-electron chi connectivity index (χ2n) is 7.54. The van der Waals surface area contributed by atoms with Crippen LogP contribution in [0.25, 0.3) is 0 Å². The predicted molar refractivity (Wildman–Crippen MR) is 105 cm³/mol. The Morgan fingerprint density at radius 2 is 1.96 bits per heavy atom. The molecule has 1 aliphatic rings. The summed E-state index contributed by atoms with van der Waals surface area (Å²) in [6.07, 6.45) is 3.95. The summed E-state index contributed by atoms with van der Waals surface area (Å²) in [5, 5.41) is 2.93. The number of benzene rings is 1. The number of hydrogen-bond acceptors (Lipinski definition) is 3. The smallest absolute Gasteiger partial charge is 0.223 e. The maximum Gasteiger partial charge on any atom is 0.223 e. The fourth-order valence-corrected chi connectivity index (χ4v) is 3.74. The largest absolute Gasteiger partial charge is 0.354 e. The first kappa shape index (κ1) is 20.4. The molecule has 144 valence electrons. The Kier molecular flexibility index (Phi) is 8.10. The van der Waals surface area contributed by atoms with Crippen molar-refractivity contribution in [1.29, 1.82) is 0 Å². The molecule has 26 heavy (non-hydrogen) atoms. The molecule has 1 saturated heterocycles. The van der Waals surface area contributed by atoms with Gasteiger partial charge in [-0.05, 0) is 36.7 Å². The molecule has 2 rings (SSSR count). The highest BCUT2D eigenvalue weighted by molar-refractivity contribution is 5.78. The molecule has 1 aromatic rings. The summed E-state index contributed by atoms with van der Waals surface area (Å²) in [5.74, 6) is 0.784. The van der Waals surface area contributed by atoms with E-state index in [-0.39, 0.29) is 23.8 Å². The third-order valence-corrected chi connectivity index (χ3v) is 5.28. The first-order valence-electron chi connectivity index (χ1n) is 9.84. The molecule has 5 heteroatoms. The van der Waals surface area contributed by atoms with Gasteiger partial charge in [0.25, 0.3) is 0 Å². The van der Waals surface area contributed by atoms with Crippen molar-refractivity contribution in [2.75, 3.05) is 19.6 Å². The van der Waals surface area contributed by atoms with Crippen LogP contribution >= 0.6 is 0 Å². The predicted octanol–water partition coefficient (Wildman–Crippen LogP) is 2.66. The summed E-state index contributed by atoms with van der Waals surface area (Å²) < 4.78 is 0. The van der Waals surface area contributed by atoms with Crippen LogP contribution in [0.4, 0.5) is 0 Å². The Morgan fingerprint density at radius 3 is 2.62 bits per heavy atom. The summed E-state index contributed by atoms with van der Waals surface area (Å²) in [7, 11) is 0. The van der Waals surface area contributed by atoms with Crippen LogP contribution in [0.15, 0.2) is 30.3 Å². The maximum atomic E-state index is 13.1. The lowest BCUT2D eigenvalue weighted by Gasteiger charge is -2.37. The number of piperidine rings is 1. The van der Waals surface area contributed by atoms with E-state index >= 15 is 0 Å². The highest BCUT2D eigenvalue weighted by atomic mass is 16.2. The normalized spacial score (nSPS) is 18.6. The lowest BCUT2D eigenvalue weighted by atomic mass is 9.85. The van der Waals surface area contributed by atoms with Crippen LogP contribution in [0.1, 0.15) is 57.4 Å². The van der Waals surface area contributed by atoms with E-state index in [0.717, 1.165) is 25.8 Å². The molecule has 0 bridgehead atoms. The molecule has 2 atom stereocenters. The number of carbonyl (C=O) groups excluding carboxylic acids is 2. The van der Waals surface area contributed by atoms with Gasteiger partial charge in [0.05, 0.1) is 0 Å². The zero-order valence-corrected chi connectivity index (χ0v) is 16.1. The third kappa shape index (κ3) is 5.84. The number of amides is 2. The van der Waals surface area contributed by atoms with Crippen LogP contribution < -0.4 is 11.1 Å². The Morgan fingerprint density at radius 1 is 1.23 bits per heavy atom. The summed E-state index contributed by atoms with van der Waals surface area (Å²) in [6.45, 7) is 6.02. The fourth-order valence-electron chi connectivity index (χ4n) is 3.74. The molecule has 2 unspecified atom stereocenters. The van der Waals surface area contributed by atoms with Gasteiger partial charge in [-0.15, -0.1) is 0 Å². The van der Waals surface area contributed by atoms with E-state index in [9.17, 15) is 9.59 Å². The van der Waals surface area contributed by atoms with Gasteiger partial charge in [-0.2, -0.15) is 0 Å². The van der Waals surface area contributed by atoms with Crippen molar-refractivity contribution in [3.8, 4) is 0 Å². The molecule has 0 spiro atoms. The van der Waals surface area contributed by atoms with E-state index < -0.39 is 0 Å². The Bertz CT molecular complexity index is 574. The van der Waals surface area contributed by atoms with Gasteiger partial charge >= 0.3 is 0 Å². The Labute approximate surface area is 157 Å². The van der Waals surface area contributed by atoms with Gasteiger partial charge in [-0.25, -0.2) is 0 Å². The van der Waals surface area contributed by atoms with Crippen molar-refractivity contribution in [2.45, 2.75) is 57.9 Å². The first-order chi connectivity index (χ1) is 12.5. The van der Waals surface area contributed by atoms with Gasteiger partial charge in [0.15, 0.2) is 0 Å². The maximum absolute atomic E-state index is 13.1. The molecule has 0 aromatic heterocycles. The number of nitrogens with one attached hydrogen (secondary N) is 1. The summed E-state index contributed by atoms with van der Waals surface area (Å²) >= 11 is 0. The Hall–Kier alpha value is -1.88. The molecular formula is C21H33N3O2. The van der Waals surface area contributed by atoms with Gasteiger partial charge < -0.3 is 16.0 Å². The second-order valence-corrected chi connectivity index (χ2v) is 7.54. The highest BCUT2D eigenvalue weighted by Gasteiger charge is 2.29. The van der Waals surface area contributed by atoms with Crippen LogP contribution in [-0.2, 0) is 9.59 Å². The number of nitrogens with two attached hydrogens (primary N) is 1. The molecule has 1 fully saturated rings. The number of nitrogens with zero attached hydrogens (tertiary/aromatic N) is 1. The minimum atomic E-state index is -0.0326.